The molecule has 12 nitrogen and oxygen atoms in total. The molecular formula is C31H41FN7O5PS. The van der Waals surface area contributed by atoms with E-state index in [-0.39, 0.29) is 30.3 Å². The lowest BCUT2D eigenvalue weighted by Gasteiger charge is -2.30. The van der Waals surface area contributed by atoms with Crippen LogP contribution in [0.15, 0.2) is 48.8 Å². The van der Waals surface area contributed by atoms with Crippen LogP contribution in [0.3, 0.4) is 0 Å². The van der Waals surface area contributed by atoms with Gasteiger partial charge in [-0.3, -0.25) is 9.36 Å². The third-order valence-corrected chi connectivity index (χ3v) is 9.80. The summed E-state index contributed by atoms with van der Waals surface area (Å²) in [5, 5.41) is 4.73. The second-order valence-corrected chi connectivity index (χ2v) is 16.2. The third kappa shape index (κ3) is 7.58. The number of imidazole rings is 1. The van der Waals surface area contributed by atoms with Crippen molar-refractivity contribution in [1.29, 1.82) is 0 Å². The lowest BCUT2D eigenvalue weighted by molar-refractivity contribution is -0.172. The van der Waals surface area contributed by atoms with Crippen LogP contribution in [0.5, 0.6) is 5.75 Å². The van der Waals surface area contributed by atoms with Crippen molar-refractivity contribution >= 4 is 58.1 Å². The molecule has 0 radical (unpaired) electrons. The van der Waals surface area contributed by atoms with Gasteiger partial charge in [-0.25, -0.2) is 14.5 Å². The summed E-state index contributed by atoms with van der Waals surface area (Å²) in [4.78, 5) is 27.8. The molecule has 248 valence electrons. The highest BCUT2D eigenvalue weighted by molar-refractivity contribution is 8.09. The van der Waals surface area contributed by atoms with E-state index in [0.29, 0.717) is 22.7 Å². The van der Waals surface area contributed by atoms with E-state index in [1.165, 1.54) is 0 Å². The van der Waals surface area contributed by atoms with Crippen LogP contribution in [-0.2, 0) is 30.6 Å². The summed E-state index contributed by atoms with van der Waals surface area (Å²) < 4.78 is 42.1. The van der Waals surface area contributed by atoms with Crippen molar-refractivity contribution < 1.29 is 27.7 Å². The number of rotatable bonds is 11. The number of alkyl halides is 1. The van der Waals surface area contributed by atoms with Crippen molar-refractivity contribution in [3.05, 3.63) is 48.8 Å². The number of nitrogen functional groups attached to an aromatic ring is 1. The number of hydrogen-bond donors (Lipinski definition) is 2. The molecule has 1 aliphatic heterocycles. The molecule has 3 N–H and O–H groups in total. The van der Waals surface area contributed by atoms with Crippen molar-refractivity contribution in [3.8, 4) is 5.75 Å². The van der Waals surface area contributed by atoms with Crippen molar-refractivity contribution in [1.82, 2.24) is 24.6 Å². The number of carbonyl (C=O) groups is 1. The molecule has 1 saturated heterocycles. The van der Waals surface area contributed by atoms with Gasteiger partial charge < -0.3 is 29.2 Å². The van der Waals surface area contributed by atoms with Crippen LogP contribution in [0.25, 0.3) is 21.9 Å². The summed E-state index contributed by atoms with van der Waals surface area (Å²) in [6, 6.07) is 12.3. The summed E-state index contributed by atoms with van der Waals surface area (Å²) in [7, 11) is 3.64. The molecule has 0 amide bonds. The molecule has 1 aliphatic rings. The second-order valence-electron chi connectivity index (χ2n) is 13.1. The number of aromatic nitrogens is 4. The molecule has 0 unspecified atom stereocenters. The Bertz CT molecular complexity index is 1780. The van der Waals surface area contributed by atoms with Crippen molar-refractivity contribution in [2.45, 2.75) is 59.2 Å². The van der Waals surface area contributed by atoms with Crippen LogP contribution >= 0.6 is 6.64 Å². The van der Waals surface area contributed by atoms with Crippen molar-refractivity contribution in [3.63, 3.8) is 0 Å². The minimum absolute atomic E-state index is 0.00871. The van der Waals surface area contributed by atoms with Crippen LogP contribution < -0.4 is 20.2 Å². The molecule has 0 spiro atoms. The fourth-order valence-electron chi connectivity index (χ4n) is 5.18. The largest absolute Gasteiger partial charge is 0.464 e. The quantitative estimate of drug-likeness (QED) is 0.148. The highest BCUT2D eigenvalue weighted by Crippen LogP contribution is 2.51. The maximum Gasteiger partial charge on any atom is 0.323 e. The number of benzene rings is 2. The van der Waals surface area contributed by atoms with E-state index in [1.807, 2.05) is 78.2 Å². The maximum absolute atomic E-state index is 16.5. The number of fused-ring (bicyclic) bond motifs is 2. The zero-order valence-corrected chi connectivity index (χ0v) is 28.8. The number of nitrogens with one attached hydrogen (secondary N) is 1. The van der Waals surface area contributed by atoms with Crippen LogP contribution in [0.1, 0.15) is 47.3 Å². The first-order chi connectivity index (χ1) is 21.6. The number of nitrogens with zero attached hydrogens (tertiary/aromatic N) is 5. The molecule has 0 bridgehead atoms. The predicted octanol–water partition coefficient (Wildman–Crippen LogP) is 5.74. The molecule has 5 atom stereocenters. The Hall–Kier alpha value is -3.42. The van der Waals surface area contributed by atoms with Gasteiger partial charge in [0, 0.05) is 31.8 Å². The molecule has 15 heteroatoms. The lowest BCUT2D eigenvalue weighted by atomic mass is 9.99. The number of ether oxygens (including phenoxy) is 2. The van der Waals surface area contributed by atoms with Gasteiger partial charge in [0.25, 0.3) is 0 Å². The molecule has 1 fully saturated rings. The minimum atomic E-state index is -3.58. The Kier molecular flexibility index (Phi) is 9.59. The first-order valence-corrected chi connectivity index (χ1v) is 17.6. The predicted molar refractivity (Wildman–Crippen MR) is 180 cm³/mol. The normalized spacial score (nSPS) is 22.1. The zero-order valence-electron chi connectivity index (χ0n) is 27.1. The highest BCUT2D eigenvalue weighted by Gasteiger charge is 2.48. The molecule has 2 aromatic heterocycles. The van der Waals surface area contributed by atoms with Gasteiger partial charge in [-0.2, -0.15) is 9.97 Å². The van der Waals surface area contributed by atoms with Gasteiger partial charge in [-0.05, 0) is 35.6 Å². The van der Waals surface area contributed by atoms with E-state index < -0.39 is 37.3 Å². The van der Waals surface area contributed by atoms with Gasteiger partial charge in [-0.15, -0.1) is 0 Å². The maximum atomic E-state index is 16.5. The number of carbonyl (C=O) groups excluding carboxylic acids is 1. The van der Waals surface area contributed by atoms with Gasteiger partial charge in [-0.1, -0.05) is 64.1 Å². The van der Waals surface area contributed by atoms with Crippen LogP contribution in [0.2, 0.25) is 0 Å². The Morgan fingerprint density at radius 1 is 1.26 bits per heavy atom. The summed E-state index contributed by atoms with van der Waals surface area (Å²) in [5.74, 6) is -2.04. The summed E-state index contributed by atoms with van der Waals surface area (Å²) in [6.45, 7) is 5.43. The Balaban J connectivity index is 1.39. The van der Waals surface area contributed by atoms with E-state index in [4.69, 9.17) is 36.1 Å². The Morgan fingerprint density at radius 3 is 2.70 bits per heavy atom. The monoisotopic (exact) mass is 673 g/mol. The van der Waals surface area contributed by atoms with Crippen LogP contribution in [0, 0.1) is 11.3 Å². The fraction of sp³-hybridized carbons (Fsp3) is 0.484. The van der Waals surface area contributed by atoms with Crippen molar-refractivity contribution in [2.75, 3.05) is 37.9 Å². The van der Waals surface area contributed by atoms with Gasteiger partial charge in [0.05, 0.1) is 12.9 Å². The summed E-state index contributed by atoms with van der Waals surface area (Å²) in [6.07, 6.45) is 0.768. The number of esters is 1. The Labute approximate surface area is 273 Å². The van der Waals surface area contributed by atoms with Crippen LogP contribution in [-0.4, -0.2) is 64.7 Å². The summed E-state index contributed by atoms with van der Waals surface area (Å²) >= 11 is 5.91. The average molecular weight is 674 g/mol. The molecular weight excluding hydrogens is 632 g/mol. The number of hydrogen-bond acceptors (Lipinski definition) is 11. The molecule has 2 aromatic carbocycles. The van der Waals surface area contributed by atoms with Gasteiger partial charge in [0.2, 0.25) is 11.8 Å². The summed E-state index contributed by atoms with van der Waals surface area (Å²) in [5.41, 5.74) is 6.69. The lowest BCUT2D eigenvalue weighted by Crippen LogP contribution is -2.38. The van der Waals surface area contributed by atoms with Gasteiger partial charge in [0.1, 0.15) is 24.6 Å². The zero-order chi connectivity index (χ0) is 33.4. The Morgan fingerprint density at radius 2 is 1.98 bits per heavy atom. The van der Waals surface area contributed by atoms with E-state index in [1.54, 1.807) is 28.8 Å². The topological polar surface area (TPSA) is 139 Å². The number of anilines is 2. The van der Waals surface area contributed by atoms with Gasteiger partial charge in [0.15, 0.2) is 17.0 Å². The molecule has 0 aliphatic carbocycles. The van der Waals surface area contributed by atoms with Gasteiger partial charge >= 0.3 is 12.6 Å². The average Bonchev–Trinajstić information content (AvgIpc) is 3.53. The SMILES string of the molecule is C[C@@H](N[P@@](=S)(OC[C@]1(F)C[C@H](C)[C@H](n2cnc3c(N(C)C)nc(N)nc32)O1)Oc1cccc2ccccc12)C(=O)OCC(C)(C)C. The first kappa shape index (κ1) is 33.9. The second kappa shape index (κ2) is 13.0. The molecule has 5 rings (SSSR count). The molecule has 46 heavy (non-hydrogen) atoms. The molecule has 0 saturated carbocycles. The van der Waals surface area contributed by atoms with Crippen molar-refractivity contribution in [2.24, 2.45) is 11.3 Å². The smallest absolute Gasteiger partial charge is 0.323 e. The first-order valence-electron chi connectivity index (χ1n) is 15.0. The van der Waals surface area contributed by atoms with E-state index in [0.717, 1.165) is 10.8 Å². The number of nitrogens with two attached hydrogens (primary N) is 1. The standard InChI is InChI=1S/C31H41FN7O5PS/c1-19-15-31(32,43-27(19)39-18-34-24-25(38(6)7)35-29(33)36-26(24)39)17-42-45(46,37-20(2)28(40)41-16-30(3,4)5)44-23-14-10-12-21-11-8-9-13-22(21)23/h8-14,18-20,27H,15-17H2,1-7H3,(H,37,46)(H2,33,35,36)/t19-,20+,27+,31-,45+/m0/s1. The minimum Gasteiger partial charge on any atom is -0.464 e. The van der Waals surface area contributed by atoms with E-state index >= 15 is 4.39 Å². The van der Waals surface area contributed by atoms with E-state index in [9.17, 15) is 4.79 Å². The highest BCUT2D eigenvalue weighted by atomic mass is 32.5. The van der Waals surface area contributed by atoms with E-state index in [2.05, 4.69) is 20.0 Å². The number of halogens is 1. The van der Waals surface area contributed by atoms with Crippen LogP contribution in [0.4, 0.5) is 16.2 Å². The molecule has 4 aromatic rings. The fourth-order valence-corrected chi connectivity index (χ4v) is 7.59. The molecule has 3 heterocycles. The third-order valence-electron chi connectivity index (χ3n) is 7.33.